The van der Waals surface area contributed by atoms with Crippen LogP contribution in [0, 0.1) is 5.82 Å². The molecule has 122 valence electrons. The Hall–Kier alpha value is -1.96. The van der Waals surface area contributed by atoms with Crippen molar-refractivity contribution in [3.8, 4) is 5.75 Å². The molecule has 0 atom stereocenters. The average molecular weight is 336 g/mol. The van der Waals surface area contributed by atoms with Crippen LogP contribution >= 0.6 is 11.8 Å². The Kier molecular flexibility index (Phi) is 4.90. The van der Waals surface area contributed by atoms with Gasteiger partial charge in [0.15, 0.2) is 17.3 Å². The third-order valence-electron chi connectivity index (χ3n) is 3.94. The van der Waals surface area contributed by atoms with Crippen molar-refractivity contribution in [2.24, 2.45) is 0 Å². The van der Waals surface area contributed by atoms with E-state index in [0.29, 0.717) is 16.8 Å². The second kappa shape index (κ2) is 7.08. The molecule has 1 aliphatic rings. The van der Waals surface area contributed by atoms with Crippen molar-refractivity contribution >= 4 is 17.5 Å². The summed E-state index contributed by atoms with van der Waals surface area (Å²) in [4.78, 5) is 12.2. The second-order valence-corrected chi connectivity index (χ2v) is 6.35. The van der Waals surface area contributed by atoms with Gasteiger partial charge in [-0.2, -0.15) is 0 Å². The quantitative estimate of drug-likeness (QED) is 0.597. The van der Waals surface area contributed by atoms with Crippen LogP contribution in [-0.2, 0) is 0 Å². The van der Waals surface area contributed by atoms with E-state index in [0.717, 1.165) is 12.8 Å². The number of aromatic nitrogens is 4. The van der Waals surface area contributed by atoms with Crippen molar-refractivity contribution < 1.29 is 13.9 Å². The molecule has 1 aromatic carbocycles. The molecule has 23 heavy (non-hydrogen) atoms. The number of benzene rings is 1. The molecule has 3 rings (SSSR count). The van der Waals surface area contributed by atoms with Gasteiger partial charge >= 0.3 is 0 Å². The number of carbonyl (C=O) groups is 1. The highest BCUT2D eigenvalue weighted by Crippen LogP contribution is 2.31. The lowest BCUT2D eigenvalue weighted by Gasteiger charge is -2.10. The predicted molar refractivity (Wildman–Crippen MR) is 83.3 cm³/mol. The molecule has 0 spiro atoms. The highest BCUT2D eigenvalue weighted by atomic mass is 32.2. The van der Waals surface area contributed by atoms with Gasteiger partial charge < -0.3 is 4.74 Å². The molecule has 0 unspecified atom stereocenters. The van der Waals surface area contributed by atoms with E-state index in [4.69, 9.17) is 4.74 Å². The molecule has 1 aromatic heterocycles. The molecule has 0 saturated heterocycles. The third kappa shape index (κ3) is 3.52. The molecule has 0 radical (unpaired) electrons. The summed E-state index contributed by atoms with van der Waals surface area (Å²) >= 11 is 1.28. The number of hydrogen-bond donors (Lipinski definition) is 0. The maximum atomic E-state index is 13.7. The highest BCUT2D eigenvalue weighted by molar-refractivity contribution is 7.99. The van der Waals surface area contributed by atoms with Crippen LogP contribution in [0.2, 0.25) is 0 Å². The normalized spacial score (nSPS) is 15.0. The number of hydrogen-bond acceptors (Lipinski definition) is 6. The van der Waals surface area contributed by atoms with Crippen molar-refractivity contribution in [3.63, 3.8) is 0 Å². The predicted octanol–water partition coefficient (Wildman–Crippen LogP) is 2.91. The largest absolute Gasteiger partial charge is 0.494 e. The molecule has 1 heterocycles. The first-order valence-electron chi connectivity index (χ1n) is 7.46. The molecule has 1 fully saturated rings. The molecule has 1 saturated carbocycles. The number of ketones is 1. The highest BCUT2D eigenvalue weighted by Gasteiger charge is 2.22. The monoisotopic (exact) mass is 336 g/mol. The number of Topliss-reactive ketones (excluding diaryl/α,β-unsaturated/α-hetero) is 1. The fraction of sp³-hybridized carbons (Fsp3) is 0.467. The number of thioether (sulfide) groups is 1. The Morgan fingerprint density at radius 3 is 2.91 bits per heavy atom. The molecule has 0 N–H and O–H groups in total. The van der Waals surface area contributed by atoms with E-state index in [-0.39, 0.29) is 17.3 Å². The van der Waals surface area contributed by atoms with Gasteiger partial charge in [0.05, 0.1) is 18.9 Å². The Labute approximate surface area is 137 Å². The van der Waals surface area contributed by atoms with Crippen molar-refractivity contribution in [2.45, 2.75) is 36.9 Å². The summed E-state index contributed by atoms with van der Waals surface area (Å²) in [7, 11) is 1.39. The van der Waals surface area contributed by atoms with Gasteiger partial charge in [-0.1, -0.05) is 24.6 Å². The summed E-state index contributed by atoms with van der Waals surface area (Å²) < 4.78 is 20.3. The van der Waals surface area contributed by atoms with E-state index in [1.165, 1.54) is 43.8 Å². The van der Waals surface area contributed by atoms with Crippen LogP contribution in [0.15, 0.2) is 23.4 Å². The smallest absolute Gasteiger partial charge is 0.210 e. The topological polar surface area (TPSA) is 69.9 Å². The maximum Gasteiger partial charge on any atom is 0.210 e. The molecular weight excluding hydrogens is 319 g/mol. The van der Waals surface area contributed by atoms with Crippen LogP contribution in [0.25, 0.3) is 0 Å². The summed E-state index contributed by atoms with van der Waals surface area (Å²) in [6.07, 6.45) is 4.49. The molecular formula is C15H17FN4O2S. The summed E-state index contributed by atoms with van der Waals surface area (Å²) in [5.74, 6) is -0.421. The minimum Gasteiger partial charge on any atom is -0.494 e. The van der Waals surface area contributed by atoms with Gasteiger partial charge in [-0.15, -0.1) is 5.10 Å². The van der Waals surface area contributed by atoms with E-state index in [9.17, 15) is 9.18 Å². The first kappa shape index (κ1) is 15.9. The van der Waals surface area contributed by atoms with Crippen LogP contribution in [0.1, 0.15) is 42.1 Å². The third-order valence-corrected chi connectivity index (χ3v) is 4.87. The molecule has 6 nitrogen and oxygen atoms in total. The summed E-state index contributed by atoms with van der Waals surface area (Å²) in [6.45, 7) is 0. The summed E-state index contributed by atoms with van der Waals surface area (Å²) in [5.41, 5.74) is 0.315. The van der Waals surface area contributed by atoms with Crippen LogP contribution in [0.5, 0.6) is 5.75 Å². The lowest BCUT2D eigenvalue weighted by molar-refractivity contribution is 0.102. The number of nitrogens with zero attached hydrogens (tertiary/aromatic N) is 4. The molecule has 0 amide bonds. The molecule has 1 aliphatic carbocycles. The zero-order chi connectivity index (χ0) is 16.2. The van der Waals surface area contributed by atoms with Crippen LogP contribution in [0.3, 0.4) is 0 Å². The van der Waals surface area contributed by atoms with Gasteiger partial charge in [0.1, 0.15) is 0 Å². The van der Waals surface area contributed by atoms with Gasteiger partial charge in [0, 0.05) is 5.56 Å². The molecule has 0 aliphatic heterocycles. The maximum absolute atomic E-state index is 13.7. The number of tetrazole rings is 1. The van der Waals surface area contributed by atoms with Gasteiger partial charge in [-0.25, -0.2) is 9.07 Å². The number of halogens is 1. The van der Waals surface area contributed by atoms with Crippen molar-refractivity contribution in [1.82, 2.24) is 20.2 Å². The molecule has 0 bridgehead atoms. The first-order chi connectivity index (χ1) is 11.2. The number of carbonyl (C=O) groups excluding carboxylic acids is 1. The van der Waals surface area contributed by atoms with E-state index in [1.807, 2.05) is 0 Å². The van der Waals surface area contributed by atoms with Gasteiger partial charge in [0.2, 0.25) is 5.16 Å². The summed E-state index contributed by atoms with van der Waals surface area (Å²) in [5, 5.41) is 12.4. The minimum absolute atomic E-state index is 0.124. The lowest BCUT2D eigenvalue weighted by Crippen LogP contribution is -2.10. The van der Waals surface area contributed by atoms with Gasteiger partial charge in [-0.05, 0) is 41.5 Å². The van der Waals surface area contributed by atoms with Crippen LogP contribution < -0.4 is 4.74 Å². The zero-order valence-electron chi connectivity index (χ0n) is 12.7. The van der Waals surface area contributed by atoms with E-state index in [2.05, 4.69) is 15.5 Å². The fourth-order valence-corrected chi connectivity index (χ4v) is 3.55. The van der Waals surface area contributed by atoms with Crippen molar-refractivity contribution in [1.29, 1.82) is 0 Å². The summed E-state index contributed by atoms with van der Waals surface area (Å²) in [6, 6.07) is 4.53. The minimum atomic E-state index is -0.542. The number of methoxy groups -OCH3 is 1. The Bertz CT molecular complexity index is 701. The number of rotatable bonds is 6. The Morgan fingerprint density at radius 1 is 1.43 bits per heavy atom. The molecule has 2 aromatic rings. The first-order valence-corrected chi connectivity index (χ1v) is 8.45. The van der Waals surface area contributed by atoms with Crippen molar-refractivity contribution in [3.05, 3.63) is 29.6 Å². The zero-order valence-corrected chi connectivity index (χ0v) is 13.6. The SMILES string of the molecule is COc1ccc(C(=O)CSc2nnnn2C2CCCC2)cc1F. The van der Waals surface area contributed by atoms with E-state index < -0.39 is 5.82 Å². The van der Waals surface area contributed by atoms with Gasteiger partial charge in [-0.3, -0.25) is 4.79 Å². The van der Waals surface area contributed by atoms with E-state index >= 15 is 0 Å². The standard InChI is InChI=1S/C15H17FN4O2S/c1-22-14-7-6-10(8-12(14)16)13(21)9-23-15-17-18-19-20(15)11-4-2-3-5-11/h6-8,11H,2-5,9H2,1H3. The van der Waals surface area contributed by atoms with E-state index in [1.54, 1.807) is 10.7 Å². The molecule has 8 heteroatoms. The second-order valence-electron chi connectivity index (χ2n) is 5.41. The Morgan fingerprint density at radius 2 is 2.22 bits per heavy atom. The number of ether oxygens (including phenoxy) is 1. The fourth-order valence-electron chi connectivity index (χ4n) is 2.71. The van der Waals surface area contributed by atoms with Crippen molar-refractivity contribution in [2.75, 3.05) is 12.9 Å². The van der Waals surface area contributed by atoms with Gasteiger partial charge in [0.25, 0.3) is 0 Å². The average Bonchev–Trinajstić information content (AvgIpc) is 3.23. The Balaban J connectivity index is 1.65. The van der Waals surface area contributed by atoms with Crippen LogP contribution in [-0.4, -0.2) is 38.9 Å². The lowest BCUT2D eigenvalue weighted by atomic mass is 10.1. The van der Waals surface area contributed by atoms with Crippen LogP contribution in [0.4, 0.5) is 4.39 Å².